The number of methoxy groups -OCH3 is 1. The number of hydrogen-bond acceptors (Lipinski definition) is 4. The molecule has 1 N–H and O–H groups in total. The van der Waals surface area contributed by atoms with Crippen molar-refractivity contribution in [3.05, 3.63) is 65.9 Å². The summed E-state index contributed by atoms with van der Waals surface area (Å²) in [5, 5.41) is 13.6. The van der Waals surface area contributed by atoms with E-state index in [4.69, 9.17) is 4.74 Å². The molecule has 0 atom stereocenters. The fraction of sp³-hybridized carbons (Fsp3) is 0.111. The smallest absolute Gasteiger partial charge is 0.121 e. The lowest BCUT2D eigenvalue weighted by Gasteiger charge is -2.12. The van der Waals surface area contributed by atoms with Crippen LogP contribution in [0.15, 0.2) is 54.7 Å². The second-order valence-electron chi connectivity index (χ2n) is 4.88. The number of nitriles is 1. The molecule has 0 bridgehead atoms. The van der Waals surface area contributed by atoms with Crippen LogP contribution in [0.2, 0.25) is 0 Å². The van der Waals surface area contributed by atoms with E-state index >= 15 is 0 Å². The van der Waals surface area contributed by atoms with Crippen molar-refractivity contribution in [3.8, 4) is 11.8 Å². The molecule has 0 spiro atoms. The predicted octanol–water partition coefficient (Wildman–Crippen LogP) is 4.15. The fourth-order valence-electron chi connectivity index (χ4n) is 2.36. The molecule has 1 heterocycles. The molecule has 0 saturated heterocycles. The first kappa shape index (κ1) is 16.6. The van der Waals surface area contributed by atoms with Crippen molar-refractivity contribution >= 4 is 29.0 Å². The molecule has 3 rings (SSSR count). The minimum Gasteiger partial charge on any atom is -0.497 e. The molecular formula is C18H16ClN3O. The number of fused-ring (bicyclic) bond motifs is 1. The van der Waals surface area contributed by atoms with Crippen molar-refractivity contribution in [2.45, 2.75) is 6.54 Å². The van der Waals surface area contributed by atoms with E-state index in [0.717, 1.165) is 27.9 Å². The SMILES string of the molecule is COc1ccc2c(NCc3ccccc3)c(C#N)cnc2c1.Cl. The van der Waals surface area contributed by atoms with Crippen LogP contribution in [-0.2, 0) is 6.54 Å². The third kappa shape index (κ3) is 3.53. The zero-order valence-corrected chi connectivity index (χ0v) is 13.4. The summed E-state index contributed by atoms with van der Waals surface area (Å²) in [7, 11) is 1.62. The van der Waals surface area contributed by atoms with Crippen LogP contribution < -0.4 is 10.1 Å². The lowest BCUT2D eigenvalue weighted by Crippen LogP contribution is -2.03. The molecule has 0 aliphatic rings. The van der Waals surface area contributed by atoms with Crippen LogP contribution in [0.3, 0.4) is 0 Å². The van der Waals surface area contributed by atoms with Gasteiger partial charge in [-0.3, -0.25) is 4.98 Å². The fourth-order valence-corrected chi connectivity index (χ4v) is 2.36. The summed E-state index contributed by atoms with van der Waals surface area (Å²) >= 11 is 0. The quantitative estimate of drug-likeness (QED) is 0.783. The Morgan fingerprint density at radius 3 is 2.65 bits per heavy atom. The van der Waals surface area contributed by atoms with E-state index in [1.165, 1.54) is 0 Å². The first-order chi connectivity index (χ1) is 10.8. The van der Waals surface area contributed by atoms with E-state index in [-0.39, 0.29) is 12.4 Å². The van der Waals surface area contributed by atoms with Crippen LogP contribution in [0.1, 0.15) is 11.1 Å². The molecular weight excluding hydrogens is 310 g/mol. The number of rotatable bonds is 4. The zero-order chi connectivity index (χ0) is 15.4. The van der Waals surface area contributed by atoms with E-state index in [1.54, 1.807) is 13.3 Å². The number of nitrogens with zero attached hydrogens (tertiary/aromatic N) is 2. The standard InChI is InChI=1S/C18H15N3O.ClH/c1-22-15-7-8-16-17(9-15)20-12-14(10-19)18(16)21-11-13-5-3-2-4-6-13;/h2-9,12H,11H2,1H3,(H,20,21);1H. The number of benzene rings is 2. The molecule has 5 heteroatoms. The van der Waals surface area contributed by atoms with Gasteiger partial charge in [-0.1, -0.05) is 30.3 Å². The topological polar surface area (TPSA) is 57.9 Å². The summed E-state index contributed by atoms with van der Waals surface area (Å²) in [5.74, 6) is 0.749. The summed E-state index contributed by atoms with van der Waals surface area (Å²) in [6.45, 7) is 0.653. The first-order valence-corrected chi connectivity index (χ1v) is 6.96. The van der Waals surface area contributed by atoms with Crippen LogP contribution in [-0.4, -0.2) is 12.1 Å². The second kappa shape index (κ2) is 7.48. The van der Waals surface area contributed by atoms with Gasteiger partial charge in [0.1, 0.15) is 11.8 Å². The van der Waals surface area contributed by atoms with Crippen LogP contribution in [0, 0.1) is 11.3 Å². The van der Waals surface area contributed by atoms with Crippen molar-refractivity contribution < 1.29 is 4.74 Å². The Morgan fingerprint density at radius 2 is 1.96 bits per heavy atom. The number of pyridine rings is 1. The minimum atomic E-state index is 0. The third-order valence-corrected chi connectivity index (χ3v) is 3.51. The zero-order valence-electron chi connectivity index (χ0n) is 12.6. The van der Waals surface area contributed by atoms with Gasteiger partial charge in [-0.15, -0.1) is 12.4 Å². The molecule has 116 valence electrons. The van der Waals surface area contributed by atoms with Crippen LogP contribution >= 0.6 is 12.4 Å². The minimum absolute atomic E-state index is 0. The van der Waals surface area contributed by atoms with Crippen molar-refractivity contribution in [2.75, 3.05) is 12.4 Å². The van der Waals surface area contributed by atoms with E-state index in [1.807, 2.05) is 48.5 Å². The molecule has 4 nitrogen and oxygen atoms in total. The highest BCUT2D eigenvalue weighted by Crippen LogP contribution is 2.28. The monoisotopic (exact) mass is 325 g/mol. The molecule has 0 radical (unpaired) electrons. The van der Waals surface area contributed by atoms with Crippen LogP contribution in [0.25, 0.3) is 10.9 Å². The molecule has 0 aliphatic carbocycles. The van der Waals surface area contributed by atoms with Gasteiger partial charge in [0.25, 0.3) is 0 Å². The number of hydrogen-bond donors (Lipinski definition) is 1. The van der Waals surface area contributed by atoms with Gasteiger partial charge in [0.15, 0.2) is 0 Å². The average Bonchev–Trinajstić information content (AvgIpc) is 2.59. The Bertz CT molecular complexity index is 844. The summed E-state index contributed by atoms with van der Waals surface area (Å²) in [4.78, 5) is 4.33. The third-order valence-electron chi connectivity index (χ3n) is 3.51. The second-order valence-corrected chi connectivity index (χ2v) is 4.88. The number of anilines is 1. The summed E-state index contributed by atoms with van der Waals surface area (Å²) in [6.07, 6.45) is 1.59. The average molecular weight is 326 g/mol. The highest BCUT2D eigenvalue weighted by Gasteiger charge is 2.09. The van der Waals surface area contributed by atoms with Crippen molar-refractivity contribution in [1.29, 1.82) is 5.26 Å². The Hall–Kier alpha value is -2.77. The molecule has 23 heavy (non-hydrogen) atoms. The van der Waals surface area contributed by atoms with Gasteiger partial charge < -0.3 is 10.1 Å². The number of halogens is 1. The van der Waals surface area contributed by atoms with Crippen LogP contribution in [0.5, 0.6) is 5.75 Å². The van der Waals surface area contributed by atoms with Crippen molar-refractivity contribution in [3.63, 3.8) is 0 Å². The van der Waals surface area contributed by atoms with Gasteiger partial charge >= 0.3 is 0 Å². The Morgan fingerprint density at radius 1 is 1.17 bits per heavy atom. The largest absolute Gasteiger partial charge is 0.497 e. The normalized spacial score (nSPS) is 9.74. The number of nitrogens with one attached hydrogen (secondary N) is 1. The van der Waals surface area contributed by atoms with Gasteiger partial charge in [0.05, 0.1) is 23.9 Å². The van der Waals surface area contributed by atoms with Gasteiger partial charge in [-0.2, -0.15) is 5.26 Å². The summed E-state index contributed by atoms with van der Waals surface area (Å²) in [6, 6.07) is 17.9. The lowest BCUT2D eigenvalue weighted by molar-refractivity contribution is 0.415. The molecule has 0 unspecified atom stereocenters. The molecule has 0 aliphatic heterocycles. The van der Waals surface area contributed by atoms with Gasteiger partial charge in [-0.05, 0) is 17.7 Å². The first-order valence-electron chi connectivity index (χ1n) is 6.96. The predicted molar refractivity (Wildman–Crippen MR) is 94.0 cm³/mol. The number of ether oxygens (including phenoxy) is 1. The van der Waals surface area contributed by atoms with E-state index in [0.29, 0.717) is 12.1 Å². The molecule has 1 aromatic heterocycles. The van der Waals surface area contributed by atoms with E-state index < -0.39 is 0 Å². The maximum Gasteiger partial charge on any atom is 0.121 e. The van der Waals surface area contributed by atoms with Gasteiger partial charge in [0.2, 0.25) is 0 Å². The highest BCUT2D eigenvalue weighted by molar-refractivity contribution is 5.94. The van der Waals surface area contributed by atoms with Gasteiger partial charge in [-0.25, -0.2) is 0 Å². The highest BCUT2D eigenvalue weighted by atomic mass is 35.5. The lowest BCUT2D eigenvalue weighted by atomic mass is 10.1. The van der Waals surface area contributed by atoms with Crippen molar-refractivity contribution in [2.24, 2.45) is 0 Å². The summed E-state index contributed by atoms with van der Waals surface area (Å²) < 4.78 is 5.22. The molecule has 0 saturated carbocycles. The maximum atomic E-state index is 9.32. The molecule has 3 aromatic rings. The summed E-state index contributed by atoms with van der Waals surface area (Å²) in [5.41, 5.74) is 3.30. The molecule has 0 fully saturated rings. The van der Waals surface area contributed by atoms with E-state index in [9.17, 15) is 5.26 Å². The van der Waals surface area contributed by atoms with Crippen molar-refractivity contribution in [1.82, 2.24) is 4.98 Å². The van der Waals surface area contributed by atoms with Gasteiger partial charge in [0, 0.05) is 24.2 Å². The Kier molecular flexibility index (Phi) is 5.40. The van der Waals surface area contributed by atoms with Crippen LogP contribution in [0.4, 0.5) is 5.69 Å². The van der Waals surface area contributed by atoms with E-state index in [2.05, 4.69) is 16.4 Å². The Labute approximate surface area is 141 Å². The molecule has 0 amide bonds. The molecule has 2 aromatic carbocycles. The maximum absolute atomic E-state index is 9.32. The number of aromatic nitrogens is 1. The Balaban J connectivity index is 0.00000192.